The van der Waals surface area contributed by atoms with Gasteiger partial charge in [-0.2, -0.15) is 4.98 Å². The van der Waals surface area contributed by atoms with E-state index in [9.17, 15) is 22.4 Å². The first-order valence-electron chi connectivity index (χ1n) is 16.2. The van der Waals surface area contributed by atoms with E-state index in [1.54, 1.807) is 18.2 Å². The molecule has 2 aromatic heterocycles. The maximum atomic E-state index is 16.2. The third-order valence-corrected chi connectivity index (χ3v) is 8.44. The third-order valence-electron chi connectivity index (χ3n) is 8.44. The lowest BCUT2D eigenvalue weighted by atomic mass is 9.93. The lowest BCUT2D eigenvalue weighted by Gasteiger charge is -2.40. The number of fused-ring (bicyclic) bond motifs is 1. The molecule has 266 valence electrons. The number of rotatable bonds is 12. The minimum absolute atomic E-state index is 0.0470. The van der Waals surface area contributed by atoms with E-state index in [0.29, 0.717) is 41.2 Å². The quantitative estimate of drug-likeness (QED) is 0.127. The minimum Gasteiger partial charge on any atom is -0.473 e. The average molecular weight is 716 g/mol. The Morgan fingerprint density at radius 1 is 0.846 bits per heavy atom. The summed E-state index contributed by atoms with van der Waals surface area (Å²) in [6.45, 7) is 1.16. The van der Waals surface area contributed by atoms with E-state index in [2.05, 4.69) is 15.0 Å². The molecule has 8 nitrogen and oxygen atoms in total. The van der Waals surface area contributed by atoms with Gasteiger partial charge in [0.1, 0.15) is 30.6 Å². The second-order valence-electron chi connectivity index (χ2n) is 12.2. The minimum atomic E-state index is -4.97. The van der Waals surface area contributed by atoms with Crippen molar-refractivity contribution >= 4 is 28.3 Å². The van der Waals surface area contributed by atoms with E-state index in [1.165, 1.54) is 12.3 Å². The topological polar surface area (TPSA) is 86.1 Å². The number of aromatic nitrogens is 1. The van der Waals surface area contributed by atoms with E-state index in [1.807, 2.05) is 65.6 Å². The van der Waals surface area contributed by atoms with Gasteiger partial charge in [0.25, 0.3) is 0 Å². The molecule has 0 atom stereocenters. The fourth-order valence-corrected chi connectivity index (χ4v) is 6.02. The molecule has 0 spiro atoms. The normalized spacial score (nSPS) is 13.1. The number of hydrogen-bond acceptors (Lipinski definition) is 7. The highest BCUT2D eigenvalue weighted by atomic mass is 19.4. The molecular formula is C39H30F5N3O5. The molecule has 13 heteroatoms. The van der Waals surface area contributed by atoms with Gasteiger partial charge in [-0.3, -0.25) is 4.79 Å². The van der Waals surface area contributed by atoms with Crippen molar-refractivity contribution in [1.29, 1.82) is 0 Å². The maximum absolute atomic E-state index is 16.2. The van der Waals surface area contributed by atoms with Crippen molar-refractivity contribution in [1.82, 2.24) is 4.98 Å². The number of alkyl halides is 3. The van der Waals surface area contributed by atoms with Crippen molar-refractivity contribution in [2.75, 3.05) is 23.3 Å². The van der Waals surface area contributed by atoms with Crippen molar-refractivity contribution < 1.29 is 45.4 Å². The van der Waals surface area contributed by atoms with Crippen molar-refractivity contribution in [3.63, 3.8) is 0 Å². The van der Waals surface area contributed by atoms with Crippen molar-refractivity contribution in [2.24, 2.45) is 5.92 Å². The lowest BCUT2D eigenvalue weighted by molar-refractivity contribution is -0.274. The average Bonchev–Trinajstić information content (AvgIpc) is 3.60. The van der Waals surface area contributed by atoms with Crippen LogP contribution < -0.4 is 24.4 Å². The number of furan rings is 1. The van der Waals surface area contributed by atoms with Crippen LogP contribution in [0.1, 0.15) is 17.5 Å². The predicted octanol–water partition coefficient (Wildman–Crippen LogP) is 9.29. The summed E-state index contributed by atoms with van der Waals surface area (Å²) in [4.78, 5) is 19.1. The van der Waals surface area contributed by atoms with E-state index in [4.69, 9.17) is 13.9 Å². The number of pyridine rings is 1. The highest BCUT2D eigenvalue weighted by Gasteiger charge is 2.33. The number of amides is 1. The molecule has 52 heavy (non-hydrogen) atoms. The lowest BCUT2D eigenvalue weighted by Crippen LogP contribution is -2.48. The first kappa shape index (κ1) is 34.3. The SMILES string of the molecule is O=C(CC1CN(c2cc(F)c(-c3ccc(OCc4ccccc4)nc3OCc3ccccc3)c3ccoc23)C1)Nc1cc(OC(F)(F)F)ccc1F. The van der Waals surface area contributed by atoms with Gasteiger partial charge in [0.15, 0.2) is 5.58 Å². The number of benzene rings is 4. The highest BCUT2D eigenvalue weighted by molar-refractivity contribution is 6.02. The van der Waals surface area contributed by atoms with Gasteiger partial charge in [-0.1, -0.05) is 60.7 Å². The molecule has 0 unspecified atom stereocenters. The van der Waals surface area contributed by atoms with Gasteiger partial charge in [-0.15, -0.1) is 13.2 Å². The van der Waals surface area contributed by atoms with Crippen LogP contribution in [0, 0.1) is 17.6 Å². The van der Waals surface area contributed by atoms with Crippen molar-refractivity contribution in [3.8, 4) is 28.6 Å². The zero-order valence-electron chi connectivity index (χ0n) is 27.3. The maximum Gasteiger partial charge on any atom is 0.573 e. The Bertz CT molecular complexity index is 2190. The van der Waals surface area contributed by atoms with E-state index in [0.717, 1.165) is 29.3 Å². The Balaban J connectivity index is 1.08. The van der Waals surface area contributed by atoms with Crippen LogP contribution in [0.4, 0.5) is 33.3 Å². The number of nitrogens with one attached hydrogen (secondary N) is 1. The first-order chi connectivity index (χ1) is 25.1. The largest absolute Gasteiger partial charge is 0.573 e. The molecule has 6 aromatic rings. The smallest absolute Gasteiger partial charge is 0.473 e. The molecule has 3 heterocycles. The van der Waals surface area contributed by atoms with Gasteiger partial charge in [-0.05, 0) is 35.4 Å². The van der Waals surface area contributed by atoms with Gasteiger partial charge in [0.05, 0.1) is 17.6 Å². The van der Waals surface area contributed by atoms with Crippen LogP contribution in [0.3, 0.4) is 0 Å². The summed E-state index contributed by atoms with van der Waals surface area (Å²) in [5.74, 6) is -2.44. The Labute approximate surface area is 294 Å². The molecular weight excluding hydrogens is 685 g/mol. The molecule has 1 amide bonds. The predicted molar refractivity (Wildman–Crippen MR) is 183 cm³/mol. The third kappa shape index (κ3) is 7.93. The Morgan fingerprint density at radius 3 is 2.23 bits per heavy atom. The zero-order valence-corrected chi connectivity index (χ0v) is 27.3. The van der Waals surface area contributed by atoms with E-state index < -0.39 is 35.3 Å². The number of halogens is 5. The molecule has 1 aliphatic heterocycles. The summed E-state index contributed by atoms with van der Waals surface area (Å²) < 4.78 is 90.0. The van der Waals surface area contributed by atoms with Gasteiger partial charge < -0.3 is 28.8 Å². The Morgan fingerprint density at radius 2 is 1.54 bits per heavy atom. The van der Waals surface area contributed by atoms with Crippen molar-refractivity contribution in [2.45, 2.75) is 26.0 Å². The van der Waals surface area contributed by atoms with Crippen LogP contribution in [-0.4, -0.2) is 30.3 Å². The van der Waals surface area contributed by atoms with E-state index >= 15 is 4.39 Å². The molecule has 0 bridgehead atoms. The fourth-order valence-electron chi connectivity index (χ4n) is 6.02. The van der Waals surface area contributed by atoms with Gasteiger partial charge in [0, 0.05) is 60.1 Å². The summed E-state index contributed by atoms with van der Waals surface area (Å²) in [6, 6.07) is 27.8. The van der Waals surface area contributed by atoms with Crippen LogP contribution in [0.5, 0.6) is 17.5 Å². The Hall–Kier alpha value is -6.11. The first-order valence-corrected chi connectivity index (χ1v) is 16.2. The van der Waals surface area contributed by atoms with Crippen molar-refractivity contribution in [3.05, 3.63) is 132 Å². The van der Waals surface area contributed by atoms with Gasteiger partial charge >= 0.3 is 6.36 Å². The number of hydrogen-bond donors (Lipinski definition) is 1. The van der Waals surface area contributed by atoms with Crippen LogP contribution in [-0.2, 0) is 18.0 Å². The summed E-state index contributed by atoms with van der Waals surface area (Å²) >= 11 is 0. The van der Waals surface area contributed by atoms with Gasteiger partial charge in [-0.25, -0.2) is 8.78 Å². The van der Waals surface area contributed by atoms with Crippen LogP contribution in [0.25, 0.3) is 22.1 Å². The summed E-state index contributed by atoms with van der Waals surface area (Å²) in [5.41, 5.74) is 2.93. The number of carbonyl (C=O) groups is 1. The van der Waals surface area contributed by atoms with Crippen LogP contribution in [0.15, 0.2) is 114 Å². The second-order valence-corrected chi connectivity index (χ2v) is 12.2. The molecule has 1 aliphatic rings. The molecule has 1 saturated heterocycles. The number of ether oxygens (including phenoxy) is 3. The Kier molecular flexibility index (Phi) is 9.66. The standard InChI is InChI=1S/C39H30F5N3O5/c40-30-13-11-27(52-39(42,43)44)18-32(30)45-34(48)17-26-20-47(21-26)33-19-31(41)36(28-15-16-49-37(28)33)29-12-14-35(50-22-24-7-3-1-4-8-24)46-38(29)51-23-25-9-5-2-6-10-25/h1-16,18-19,26H,17,20-23H2,(H,45,48). The highest BCUT2D eigenvalue weighted by Crippen LogP contribution is 2.43. The fraction of sp³-hybridized carbons (Fsp3) is 0.179. The van der Waals surface area contributed by atoms with Crippen LogP contribution >= 0.6 is 0 Å². The summed E-state index contributed by atoms with van der Waals surface area (Å²) in [5, 5.41) is 2.79. The second kappa shape index (κ2) is 14.6. The molecule has 0 radical (unpaired) electrons. The molecule has 0 aliphatic carbocycles. The number of carbonyl (C=O) groups excluding carboxylic acids is 1. The summed E-state index contributed by atoms with van der Waals surface area (Å²) in [6.07, 6.45) is -3.56. The van der Waals surface area contributed by atoms with Gasteiger partial charge in [0.2, 0.25) is 17.7 Å². The number of nitrogens with zero attached hydrogens (tertiary/aromatic N) is 2. The monoisotopic (exact) mass is 715 g/mol. The number of anilines is 2. The van der Waals surface area contributed by atoms with Crippen LogP contribution in [0.2, 0.25) is 0 Å². The molecule has 0 saturated carbocycles. The molecule has 1 fully saturated rings. The molecule has 1 N–H and O–H groups in total. The summed E-state index contributed by atoms with van der Waals surface area (Å²) in [7, 11) is 0. The molecule has 7 rings (SSSR count). The zero-order chi connectivity index (χ0) is 36.2. The van der Waals surface area contributed by atoms with E-state index in [-0.39, 0.29) is 37.0 Å². The molecule has 4 aromatic carbocycles.